The Morgan fingerprint density at radius 1 is 1.44 bits per heavy atom. The van der Waals surface area contributed by atoms with Gasteiger partial charge in [-0.25, -0.2) is 9.37 Å². The molecule has 0 fully saturated rings. The maximum absolute atomic E-state index is 13.3. The molecule has 1 aromatic heterocycles. The molecule has 0 radical (unpaired) electrons. The van der Waals surface area contributed by atoms with Crippen LogP contribution >= 0.6 is 0 Å². The lowest BCUT2D eigenvalue weighted by Gasteiger charge is -2.08. The number of aromatic nitrogens is 2. The summed E-state index contributed by atoms with van der Waals surface area (Å²) in [6.45, 7) is 1.71. The molecule has 1 aromatic carbocycles. The quantitative estimate of drug-likeness (QED) is 0.906. The molecule has 18 heavy (non-hydrogen) atoms. The summed E-state index contributed by atoms with van der Waals surface area (Å²) in [5.41, 5.74) is 2.00. The number of nitrogens with zero attached hydrogens (tertiary/aromatic N) is 2. The van der Waals surface area contributed by atoms with E-state index in [0.717, 1.165) is 5.69 Å². The van der Waals surface area contributed by atoms with E-state index < -0.39 is 0 Å². The smallest absolute Gasteiger partial charge is 0.144 e. The van der Waals surface area contributed by atoms with Crippen molar-refractivity contribution in [3.8, 4) is 17.1 Å². The van der Waals surface area contributed by atoms with E-state index in [0.29, 0.717) is 22.8 Å². The summed E-state index contributed by atoms with van der Waals surface area (Å²) in [7, 11) is 3.35. The standard InChI is InChI=1S/C13H15FN2O2/c1-8-11(7-17)15-13(16(8)2)10-6-9(14)4-5-12(10)18-3/h4-6,17H,7H2,1-3H3. The van der Waals surface area contributed by atoms with Crippen LogP contribution in [0.4, 0.5) is 4.39 Å². The van der Waals surface area contributed by atoms with E-state index in [4.69, 9.17) is 4.74 Å². The molecule has 96 valence electrons. The minimum absolute atomic E-state index is 0.142. The lowest BCUT2D eigenvalue weighted by molar-refractivity contribution is 0.276. The SMILES string of the molecule is COc1ccc(F)cc1-c1nc(CO)c(C)n1C. The van der Waals surface area contributed by atoms with Crippen LogP contribution in [0.2, 0.25) is 0 Å². The van der Waals surface area contributed by atoms with Crippen LogP contribution in [0.15, 0.2) is 18.2 Å². The molecule has 0 unspecified atom stereocenters. The molecule has 0 aliphatic rings. The minimum atomic E-state index is -0.350. The molecule has 0 bridgehead atoms. The molecular formula is C13H15FN2O2. The maximum atomic E-state index is 13.3. The molecule has 0 amide bonds. The van der Waals surface area contributed by atoms with Crippen LogP contribution in [0.5, 0.6) is 5.75 Å². The Hall–Kier alpha value is -1.88. The van der Waals surface area contributed by atoms with Gasteiger partial charge in [0.25, 0.3) is 0 Å². The summed E-state index contributed by atoms with van der Waals surface area (Å²) < 4.78 is 20.4. The number of methoxy groups -OCH3 is 1. The summed E-state index contributed by atoms with van der Waals surface area (Å²) in [4.78, 5) is 4.31. The Bertz CT molecular complexity index is 579. The van der Waals surface area contributed by atoms with Crippen LogP contribution in [-0.4, -0.2) is 21.8 Å². The predicted octanol–water partition coefficient (Wildman–Crippen LogP) is 2.04. The fraction of sp³-hybridized carbons (Fsp3) is 0.308. The van der Waals surface area contributed by atoms with Crippen molar-refractivity contribution in [2.75, 3.05) is 7.11 Å². The van der Waals surface area contributed by atoms with E-state index in [2.05, 4.69) is 4.98 Å². The van der Waals surface area contributed by atoms with Gasteiger partial charge in [0.05, 0.1) is 25.0 Å². The molecule has 0 aliphatic heterocycles. The van der Waals surface area contributed by atoms with Gasteiger partial charge in [-0.3, -0.25) is 0 Å². The zero-order chi connectivity index (χ0) is 13.3. The number of imidazole rings is 1. The van der Waals surface area contributed by atoms with Crippen LogP contribution in [0.1, 0.15) is 11.4 Å². The molecule has 0 saturated heterocycles. The number of hydrogen-bond acceptors (Lipinski definition) is 3. The number of aliphatic hydroxyl groups excluding tert-OH is 1. The van der Waals surface area contributed by atoms with Gasteiger partial charge >= 0.3 is 0 Å². The Morgan fingerprint density at radius 2 is 2.17 bits per heavy atom. The summed E-state index contributed by atoms with van der Waals surface area (Å²) in [6.07, 6.45) is 0. The first-order valence-electron chi connectivity index (χ1n) is 5.55. The largest absolute Gasteiger partial charge is 0.496 e. The second-order valence-electron chi connectivity index (χ2n) is 4.03. The molecule has 0 aliphatic carbocycles. The minimum Gasteiger partial charge on any atom is -0.496 e. The molecule has 2 rings (SSSR count). The third-order valence-electron chi connectivity index (χ3n) is 3.03. The van der Waals surface area contributed by atoms with Crippen molar-refractivity contribution in [2.45, 2.75) is 13.5 Å². The monoisotopic (exact) mass is 250 g/mol. The molecule has 4 nitrogen and oxygen atoms in total. The predicted molar refractivity (Wildman–Crippen MR) is 65.8 cm³/mol. The molecule has 0 saturated carbocycles. The van der Waals surface area contributed by atoms with Crippen LogP contribution in [0.25, 0.3) is 11.4 Å². The van der Waals surface area contributed by atoms with Gasteiger partial charge < -0.3 is 14.4 Å². The van der Waals surface area contributed by atoms with Crippen molar-refractivity contribution in [2.24, 2.45) is 7.05 Å². The molecule has 1 heterocycles. The van der Waals surface area contributed by atoms with E-state index in [1.54, 1.807) is 6.07 Å². The van der Waals surface area contributed by atoms with E-state index >= 15 is 0 Å². The second-order valence-corrected chi connectivity index (χ2v) is 4.03. The third kappa shape index (κ3) is 1.97. The second kappa shape index (κ2) is 4.78. The Morgan fingerprint density at radius 3 is 2.72 bits per heavy atom. The first-order valence-corrected chi connectivity index (χ1v) is 5.55. The number of benzene rings is 1. The highest BCUT2D eigenvalue weighted by atomic mass is 19.1. The first-order chi connectivity index (χ1) is 8.58. The summed E-state index contributed by atoms with van der Waals surface area (Å²) in [6, 6.07) is 4.28. The van der Waals surface area contributed by atoms with E-state index in [1.807, 2.05) is 18.5 Å². The van der Waals surface area contributed by atoms with Gasteiger partial charge in [-0.2, -0.15) is 0 Å². The highest BCUT2D eigenvalue weighted by molar-refractivity contribution is 5.65. The summed E-state index contributed by atoms with van der Waals surface area (Å²) in [5.74, 6) is 0.777. The lowest BCUT2D eigenvalue weighted by atomic mass is 10.2. The van der Waals surface area contributed by atoms with Crippen molar-refractivity contribution in [1.29, 1.82) is 0 Å². The first kappa shape index (κ1) is 12.6. The van der Waals surface area contributed by atoms with Crippen LogP contribution in [0.3, 0.4) is 0 Å². The lowest BCUT2D eigenvalue weighted by Crippen LogP contribution is -1.97. The summed E-state index contributed by atoms with van der Waals surface area (Å²) >= 11 is 0. The van der Waals surface area contributed by atoms with Crippen LogP contribution < -0.4 is 4.74 Å². The van der Waals surface area contributed by atoms with Gasteiger partial charge in [0.2, 0.25) is 0 Å². The molecule has 1 N–H and O–H groups in total. The van der Waals surface area contributed by atoms with Gasteiger partial charge in [-0.05, 0) is 25.1 Å². The Balaban J connectivity index is 2.64. The molecule has 0 spiro atoms. The van der Waals surface area contributed by atoms with Gasteiger partial charge in [0, 0.05) is 12.7 Å². The third-order valence-corrected chi connectivity index (χ3v) is 3.03. The Labute approximate surface area is 105 Å². The van der Waals surface area contributed by atoms with Gasteiger partial charge in [0.15, 0.2) is 0 Å². The van der Waals surface area contributed by atoms with Crippen molar-refractivity contribution in [3.05, 3.63) is 35.4 Å². The average Bonchev–Trinajstić information content (AvgIpc) is 2.66. The summed E-state index contributed by atoms with van der Waals surface area (Å²) in [5, 5.41) is 9.20. The van der Waals surface area contributed by atoms with Crippen molar-refractivity contribution >= 4 is 0 Å². The number of halogens is 1. The number of aliphatic hydroxyl groups is 1. The number of hydrogen-bond donors (Lipinski definition) is 1. The highest BCUT2D eigenvalue weighted by Gasteiger charge is 2.16. The molecule has 2 aromatic rings. The Kier molecular flexibility index (Phi) is 3.34. The molecule has 5 heteroatoms. The number of rotatable bonds is 3. The van der Waals surface area contributed by atoms with Gasteiger partial charge in [0.1, 0.15) is 17.4 Å². The topological polar surface area (TPSA) is 47.3 Å². The van der Waals surface area contributed by atoms with Gasteiger partial charge in [-0.1, -0.05) is 0 Å². The molecule has 0 atom stereocenters. The van der Waals surface area contributed by atoms with E-state index in [1.165, 1.54) is 19.2 Å². The van der Waals surface area contributed by atoms with Crippen molar-refractivity contribution in [1.82, 2.24) is 9.55 Å². The zero-order valence-corrected chi connectivity index (χ0v) is 10.6. The van der Waals surface area contributed by atoms with E-state index in [9.17, 15) is 9.50 Å². The normalized spacial score (nSPS) is 10.7. The van der Waals surface area contributed by atoms with E-state index in [-0.39, 0.29) is 12.4 Å². The highest BCUT2D eigenvalue weighted by Crippen LogP contribution is 2.30. The number of ether oxygens (including phenoxy) is 1. The fourth-order valence-electron chi connectivity index (χ4n) is 1.88. The zero-order valence-electron chi connectivity index (χ0n) is 10.6. The molecular weight excluding hydrogens is 235 g/mol. The fourth-order valence-corrected chi connectivity index (χ4v) is 1.88. The maximum Gasteiger partial charge on any atom is 0.144 e. The van der Waals surface area contributed by atoms with Crippen molar-refractivity contribution in [3.63, 3.8) is 0 Å². The van der Waals surface area contributed by atoms with Crippen LogP contribution in [-0.2, 0) is 13.7 Å². The van der Waals surface area contributed by atoms with Gasteiger partial charge in [-0.15, -0.1) is 0 Å². The van der Waals surface area contributed by atoms with Crippen LogP contribution in [0, 0.1) is 12.7 Å². The average molecular weight is 250 g/mol. The van der Waals surface area contributed by atoms with Crippen molar-refractivity contribution < 1.29 is 14.2 Å².